The molecular weight excluding hydrogens is 412 g/mol. The molecule has 2 aromatic carbocycles. The van der Waals surface area contributed by atoms with Crippen LogP contribution in [0.25, 0.3) is 22.5 Å². The van der Waals surface area contributed by atoms with Gasteiger partial charge in [0, 0.05) is 5.56 Å². The SMILES string of the molecule is Cc1cc(C)c2oc(-c3ccco3)c(OCC(=O)c3ccc4c(c3)OCCO4)c(=O)c2c1. The van der Waals surface area contributed by atoms with Crippen LogP contribution >= 0.6 is 0 Å². The van der Waals surface area contributed by atoms with Crippen LogP contribution in [-0.4, -0.2) is 25.6 Å². The number of hydrogen-bond donors (Lipinski definition) is 0. The van der Waals surface area contributed by atoms with Gasteiger partial charge in [-0.1, -0.05) is 6.07 Å². The van der Waals surface area contributed by atoms with Crippen LogP contribution in [0, 0.1) is 13.8 Å². The van der Waals surface area contributed by atoms with Gasteiger partial charge in [-0.2, -0.15) is 0 Å². The number of aryl methyl sites for hydroxylation is 2. The van der Waals surface area contributed by atoms with Crippen molar-refractivity contribution in [2.75, 3.05) is 19.8 Å². The number of Topliss-reactive ketones (excluding diaryl/α,β-unsaturated/α-hetero) is 1. The molecule has 0 radical (unpaired) electrons. The van der Waals surface area contributed by atoms with Gasteiger partial charge in [-0.3, -0.25) is 9.59 Å². The number of rotatable bonds is 5. The van der Waals surface area contributed by atoms with Gasteiger partial charge in [0.1, 0.15) is 18.8 Å². The Morgan fingerprint density at radius 3 is 2.62 bits per heavy atom. The minimum atomic E-state index is -0.362. The number of hydrogen-bond acceptors (Lipinski definition) is 7. The molecule has 0 fully saturated rings. The third kappa shape index (κ3) is 3.51. The Balaban J connectivity index is 1.52. The van der Waals surface area contributed by atoms with Gasteiger partial charge in [-0.05, 0) is 61.4 Å². The second kappa shape index (κ2) is 7.92. The van der Waals surface area contributed by atoms with E-state index in [1.807, 2.05) is 19.9 Å². The Morgan fingerprint density at radius 2 is 1.84 bits per heavy atom. The predicted octanol–water partition coefficient (Wildman–Crippen LogP) is 4.70. The second-order valence-electron chi connectivity index (χ2n) is 7.60. The number of carbonyl (C=O) groups is 1. The van der Waals surface area contributed by atoms with E-state index in [2.05, 4.69) is 0 Å². The second-order valence-corrected chi connectivity index (χ2v) is 7.60. The monoisotopic (exact) mass is 432 g/mol. The molecule has 0 amide bonds. The minimum absolute atomic E-state index is 0.0663. The average Bonchev–Trinajstić information content (AvgIpc) is 3.33. The number of fused-ring (bicyclic) bond motifs is 2. The molecule has 0 atom stereocenters. The van der Waals surface area contributed by atoms with E-state index in [0.29, 0.717) is 47.0 Å². The number of ether oxygens (including phenoxy) is 3. The highest BCUT2D eigenvalue weighted by Gasteiger charge is 2.22. The van der Waals surface area contributed by atoms with Crippen LogP contribution in [0.3, 0.4) is 0 Å². The summed E-state index contributed by atoms with van der Waals surface area (Å²) in [6.45, 7) is 4.31. The molecule has 1 aliphatic rings. The lowest BCUT2D eigenvalue weighted by Gasteiger charge is -2.18. The highest BCUT2D eigenvalue weighted by molar-refractivity contribution is 5.98. The highest BCUT2D eigenvalue weighted by atomic mass is 16.6. The van der Waals surface area contributed by atoms with Gasteiger partial charge in [-0.15, -0.1) is 0 Å². The van der Waals surface area contributed by atoms with E-state index in [0.717, 1.165) is 11.1 Å². The smallest absolute Gasteiger partial charge is 0.235 e. The zero-order chi connectivity index (χ0) is 22.2. The van der Waals surface area contributed by atoms with Crippen molar-refractivity contribution in [3.05, 3.63) is 75.6 Å². The first-order valence-corrected chi connectivity index (χ1v) is 10.2. The maximum absolute atomic E-state index is 13.3. The molecule has 0 saturated heterocycles. The first-order chi connectivity index (χ1) is 15.5. The molecule has 0 spiro atoms. The van der Waals surface area contributed by atoms with E-state index in [4.69, 9.17) is 23.0 Å². The fourth-order valence-electron chi connectivity index (χ4n) is 3.77. The van der Waals surface area contributed by atoms with E-state index >= 15 is 0 Å². The maximum atomic E-state index is 13.3. The number of furan rings is 1. The molecule has 7 nitrogen and oxygen atoms in total. The van der Waals surface area contributed by atoms with Crippen LogP contribution in [0.5, 0.6) is 17.2 Å². The van der Waals surface area contributed by atoms with Crippen LogP contribution in [0.15, 0.2) is 62.4 Å². The molecule has 0 bridgehead atoms. The van der Waals surface area contributed by atoms with E-state index in [1.165, 1.54) is 6.26 Å². The zero-order valence-electron chi connectivity index (χ0n) is 17.6. The fourth-order valence-corrected chi connectivity index (χ4v) is 3.77. The van der Waals surface area contributed by atoms with E-state index < -0.39 is 0 Å². The van der Waals surface area contributed by atoms with Crippen LogP contribution < -0.4 is 19.6 Å². The largest absolute Gasteiger partial charge is 0.486 e. The summed E-state index contributed by atoms with van der Waals surface area (Å²) in [4.78, 5) is 26.1. The Labute approximate surface area is 183 Å². The molecular formula is C25H20O7. The van der Waals surface area contributed by atoms with Gasteiger partial charge in [0.2, 0.25) is 16.9 Å². The summed E-state index contributed by atoms with van der Waals surface area (Å²) in [6, 6.07) is 12.0. The minimum Gasteiger partial charge on any atom is -0.486 e. The van der Waals surface area contributed by atoms with Crippen molar-refractivity contribution >= 4 is 16.8 Å². The summed E-state index contributed by atoms with van der Waals surface area (Å²) in [6.07, 6.45) is 1.48. The predicted molar refractivity (Wildman–Crippen MR) is 117 cm³/mol. The van der Waals surface area contributed by atoms with Crippen molar-refractivity contribution in [1.29, 1.82) is 0 Å². The zero-order valence-corrected chi connectivity index (χ0v) is 17.6. The molecule has 1 aliphatic heterocycles. The summed E-state index contributed by atoms with van der Waals surface area (Å²) in [5.74, 6) is 1.21. The molecule has 0 aliphatic carbocycles. The van der Waals surface area contributed by atoms with Crippen LogP contribution in [-0.2, 0) is 0 Å². The molecule has 4 aromatic rings. The topological polar surface area (TPSA) is 88.1 Å². The molecule has 0 unspecified atom stereocenters. The Morgan fingerprint density at radius 1 is 1.03 bits per heavy atom. The van der Waals surface area contributed by atoms with Crippen molar-refractivity contribution in [2.24, 2.45) is 0 Å². The molecule has 5 rings (SSSR count). The molecule has 2 aromatic heterocycles. The van der Waals surface area contributed by atoms with Crippen molar-refractivity contribution in [2.45, 2.75) is 13.8 Å². The Kier molecular flexibility index (Phi) is 4.93. The van der Waals surface area contributed by atoms with Gasteiger partial charge in [-0.25, -0.2) is 0 Å². The molecule has 3 heterocycles. The first-order valence-electron chi connectivity index (χ1n) is 10.2. The summed E-state index contributed by atoms with van der Waals surface area (Å²) >= 11 is 0. The molecule has 162 valence electrons. The maximum Gasteiger partial charge on any atom is 0.235 e. The molecule has 32 heavy (non-hydrogen) atoms. The van der Waals surface area contributed by atoms with Gasteiger partial charge in [0.15, 0.2) is 29.6 Å². The van der Waals surface area contributed by atoms with E-state index in [9.17, 15) is 9.59 Å². The van der Waals surface area contributed by atoms with Crippen molar-refractivity contribution in [1.82, 2.24) is 0 Å². The summed E-state index contributed by atoms with van der Waals surface area (Å²) < 4.78 is 28.3. The Hall–Kier alpha value is -4.00. The average molecular weight is 432 g/mol. The lowest BCUT2D eigenvalue weighted by molar-refractivity contribution is 0.0919. The van der Waals surface area contributed by atoms with Gasteiger partial charge in [0.05, 0.1) is 11.6 Å². The van der Waals surface area contributed by atoms with Crippen LogP contribution in [0.1, 0.15) is 21.5 Å². The van der Waals surface area contributed by atoms with Gasteiger partial charge in [0.25, 0.3) is 0 Å². The van der Waals surface area contributed by atoms with Crippen LogP contribution in [0.2, 0.25) is 0 Å². The standard InChI is InChI=1S/C25H20O7/c1-14-10-15(2)23-17(11-14)22(27)25(24(32-23)20-4-3-7-28-20)31-13-18(26)16-5-6-19-21(12-16)30-9-8-29-19/h3-7,10-12H,8-9,13H2,1-2H3. The van der Waals surface area contributed by atoms with Gasteiger partial charge < -0.3 is 23.0 Å². The fraction of sp³-hybridized carbons (Fsp3) is 0.200. The van der Waals surface area contributed by atoms with Crippen molar-refractivity contribution < 1.29 is 27.8 Å². The molecule has 7 heteroatoms. The van der Waals surface area contributed by atoms with Gasteiger partial charge >= 0.3 is 0 Å². The van der Waals surface area contributed by atoms with E-state index in [-0.39, 0.29) is 29.3 Å². The Bertz CT molecular complexity index is 1380. The summed E-state index contributed by atoms with van der Waals surface area (Å²) in [5, 5.41) is 0.389. The number of benzene rings is 2. The van der Waals surface area contributed by atoms with Crippen LogP contribution in [0.4, 0.5) is 0 Å². The first kappa shape index (κ1) is 19.9. The third-order valence-electron chi connectivity index (χ3n) is 5.24. The molecule has 0 saturated carbocycles. The quantitative estimate of drug-likeness (QED) is 0.422. The molecule has 0 N–H and O–H groups in total. The lowest BCUT2D eigenvalue weighted by Crippen LogP contribution is -2.18. The third-order valence-corrected chi connectivity index (χ3v) is 5.24. The number of ketones is 1. The summed E-state index contributed by atoms with van der Waals surface area (Å²) in [5.41, 5.74) is 2.23. The normalized spacial score (nSPS) is 12.7. The highest BCUT2D eigenvalue weighted by Crippen LogP contribution is 2.34. The van der Waals surface area contributed by atoms with Crippen molar-refractivity contribution in [3.63, 3.8) is 0 Å². The number of carbonyl (C=O) groups excluding carboxylic acids is 1. The summed E-state index contributed by atoms with van der Waals surface area (Å²) in [7, 11) is 0. The van der Waals surface area contributed by atoms with E-state index in [1.54, 1.807) is 36.4 Å². The van der Waals surface area contributed by atoms with Crippen molar-refractivity contribution in [3.8, 4) is 28.8 Å². The lowest BCUT2D eigenvalue weighted by atomic mass is 10.1.